The van der Waals surface area contributed by atoms with E-state index in [2.05, 4.69) is 4.90 Å². The molecule has 0 atom stereocenters. The largest absolute Gasteiger partial charge is 0.336 e. The Balaban J connectivity index is 1.90. The summed E-state index contributed by atoms with van der Waals surface area (Å²) in [5.41, 5.74) is 1.69. The van der Waals surface area contributed by atoms with Gasteiger partial charge in [-0.25, -0.2) is 8.42 Å². The molecule has 8 heteroatoms. The number of halogens is 1. The van der Waals surface area contributed by atoms with E-state index in [9.17, 15) is 13.2 Å². The van der Waals surface area contributed by atoms with Crippen LogP contribution in [0.15, 0.2) is 47.4 Å². The van der Waals surface area contributed by atoms with Crippen LogP contribution in [0.1, 0.15) is 15.9 Å². The maximum atomic E-state index is 12.9. The molecule has 1 aliphatic rings. The second-order valence-corrected chi connectivity index (χ2v) is 9.42. The van der Waals surface area contributed by atoms with E-state index in [1.165, 1.54) is 11.4 Å². The smallest absolute Gasteiger partial charge is 0.264 e. The summed E-state index contributed by atoms with van der Waals surface area (Å²) < 4.78 is 27.1. The number of sulfonamides is 1. The average Bonchev–Trinajstić information content (AvgIpc) is 2.68. The van der Waals surface area contributed by atoms with Crippen LogP contribution >= 0.6 is 11.6 Å². The van der Waals surface area contributed by atoms with E-state index < -0.39 is 10.0 Å². The third-order valence-electron chi connectivity index (χ3n) is 5.01. The van der Waals surface area contributed by atoms with Gasteiger partial charge in [0.25, 0.3) is 15.9 Å². The van der Waals surface area contributed by atoms with Gasteiger partial charge in [-0.3, -0.25) is 9.10 Å². The Bertz CT molecular complexity index is 969. The van der Waals surface area contributed by atoms with E-state index in [4.69, 9.17) is 11.6 Å². The van der Waals surface area contributed by atoms with Crippen LogP contribution in [0, 0.1) is 6.92 Å². The molecule has 0 spiro atoms. The summed E-state index contributed by atoms with van der Waals surface area (Å²) in [6.07, 6.45) is 0. The quantitative estimate of drug-likeness (QED) is 0.761. The first-order valence-corrected chi connectivity index (χ1v) is 10.8. The van der Waals surface area contributed by atoms with Gasteiger partial charge in [-0.2, -0.15) is 0 Å². The van der Waals surface area contributed by atoms with E-state index in [-0.39, 0.29) is 10.8 Å². The number of aryl methyl sites for hydroxylation is 1. The van der Waals surface area contributed by atoms with Gasteiger partial charge in [0.15, 0.2) is 0 Å². The Kier molecular flexibility index (Phi) is 5.98. The maximum Gasteiger partial charge on any atom is 0.264 e. The van der Waals surface area contributed by atoms with E-state index in [0.29, 0.717) is 29.4 Å². The highest BCUT2D eigenvalue weighted by Crippen LogP contribution is 2.28. The molecule has 1 heterocycles. The highest BCUT2D eigenvalue weighted by Gasteiger charge is 2.25. The van der Waals surface area contributed by atoms with Crippen molar-refractivity contribution in [2.75, 3.05) is 44.6 Å². The first-order chi connectivity index (χ1) is 13.2. The molecule has 2 aromatic carbocycles. The molecule has 6 nitrogen and oxygen atoms in total. The van der Waals surface area contributed by atoms with Gasteiger partial charge in [-0.05, 0) is 44.3 Å². The lowest BCUT2D eigenvalue weighted by molar-refractivity contribution is 0.0664. The predicted octanol–water partition coefficient (Wildman–Crippen LogP) is 2.86. The first kappa shape index (κ1) is 20.6. The van der Waals surface area contributed by atoms with Crippen LogP contribution in [0.25, 0.3) is 0 Å². The van der Waals surface area contributed by atoms with E-state index in [1.54, 1.807) is 47.4 Å². The third kappa shape index (κ3) is 4.16. The summed E-state index contributed by atoms with van der Waals surface area (Å²) >= 11 is 6.27. The number of rotatable bonds is 4. The molecule has 0 unspecified atom stereocenters. The molecule has 1 fully saturated rings. The van der Waals surface area contributed by atoms with Gasteiger partial charge in [-0.1, -0.05) is 29.3 Å². The number of hydrogen-bond acceptors (Lipinski definition) is 4. The number of anilines is 1. The van der Waals surface area contributed by atoms with E-state index in [0.717, 1.165) is 18.7 Å². The molecule has 3 rings (SSSR count). The summed E-state index contributed by atoms with van der Waals surface area (Å²) in [5, 5.41) is 0.314. The normalized spacial score (nSPS) is 15.5. The van der Waals surface area contributed by atoms with Crippen molar-refractivity contribution in [3.05, 3.63) is 58.6 Å². The monoisotopic (exact) mass is 421 g/mol. The van der Waals surface area contributed by atoms with Crippen LogP contribution in [-0.4, -0.2) is 64.4 Å². The second kappa shape index (κ2) is 8.11. The van der Waals surface area contributed by atoms with Gasteiger partial charge < -0.3 is 9.80 Å². The van der Waals surface area contributed by atoms with Crippen molar-refractivity contribution in [1.82, 2.24) is 9.80 Å². The standard InChI is InChI=1S/C20H24ClN3O3S/c1-15-4-7-17(8-5-15)28(26,27)23(3)16-6-9-19(21)18(14-16)20(25)24-12-10-22(2)11-13-24/h4-9,14H,10-13H2,1-3H3. The van der Waals surface area contributed by atoms with E-state index >= 15 is 0 Å². The molecule has 0 radical (unpaired) electrons. The molecule has 150 valence electrons. The molecule has 1 amide bonds. The highest BCUT2D eigenvalue weighted by atomic mass is 35.5. The zero-order valence-electron chi connectivity index (χ0n) is 16.2. The molecule has 1 aliphatic heterocycles. The molecular weight excluding hydrogens is 398 g/mol. The van der Waals surface area contributed by atoms with Crippen LogP contribution in [0.2, 0.25) is 5.02 Å². The maximum absolute atomic E-state index is 12.9. The third-order valence-corrected chi connectivity index (χ3v) is 7.14. The zero-order valence-corrected chi connectivity index (χ0v) is 17.8. The number of carbonyl (C=O) groups excluding carboxylic acids is 1. The summed E-state index contributed by atoms with van der Waals surface area (Å²) in [7, 11) is -0.249. The van der Waals surface area contributed by atoms with Crippen molar-refractivity contribution in [3.8, 4) is 0 Å². The topological polar surface area (TPSA) is 60.9 Å². The van der Waals surface area contributed by atoms with Crippen LogP contribution in [0.5, 0.6) is 0 Å². The van der Waals surface area contributed by atoms with Crippen molar-refractivity contribution in [2.24, 2.45) is 0 Å². The van der Waals surface area contributed by atoms with Gasteiger partial charge in [0, 0.05) is 33.2 Å². The van der Waals surface area contributed by atoms with Crippen LogP contribution < -0.4 is 4.31 Å². The van der Waals surface area contributed by atoms with Crippen molar-refractivity contribution in [3.63, 3.8) is 0 Å². The van der Waals surface area contributed by atoms with Crippen LogP contribution in [-0.2, 0) is 10.0 Å². The molecular formula is C20H24ClN3O3S. The van der Waals surface area contributed by atoms with Crippen molar-refractivity contribution >= 4 is 33.2 Å². The Hall–Kier alpha value is -2.09. The fourth-order valence-corrected chi connectivity index (χ4v) is 4.45. The van der Waals surface area contributed by atoms with Gasteiger partial charge in [0.1, 0.15) is 0 Å². The molecule has 0 aliphatic carbocycles. The fraction of sp³-hybridized carbons (Fsp3) is 0.350. The zero-order chi connectivity index (χ0) is 20.5. The minimum atomic E-state index is -3.74. The van der Waals surface area contributed by atoms with Crippen LogP contribution in [0.3, 0.4) is 0 Å². The number of piperazine rings is 1. The van der Waals surface area contributed by atoms with Gasteiger partial charge in [0.05, 0.1) is 21.2 Å². The Morgan fingerprint density at radius 3 is 2.25 bits per heavy atom. The second-order valence-electron chi connectivity index (χ2n) is 7.05. The molecule has 1 saturated heterocycles. The number of amides is 1. The lowest BCUT2D eigenvalue weighted by atomic mass is 10.1. The van der Waals surface area contributed by atoms with Gasteiger partial charge in [0.2, 0.25) is 0 Å². The minimum Gasteiger partial charge on any atom is -0.336 e. The van der Waals surface area contributed by atoms with E-state index in [1.807, 2.05) is 14.0 Å². The molecule has 0 saturated carbocycles. The lowest BCUT2D eigenvalue weighted by Gasteiger charge is -2.32. The number of carbonyl (C=O) groups is 1. The van der Waals surface area contributed by atoms with Crippen molar-refractivity contribution < 1.29 is 13.2 Å². The fourth-order valence-electron chi connectivity index (χ4n) is 3.06. The summed E-state index contributed by atoms with van der Waals surface area (Å²) in [4.78, 5) is 17.0. The van der Waals surface area contributed by atoms with Crippen molar-refractivity contribution in [1.29, 1.82) is 0 Å². The number of hydrogen-bond donors (Lipinski definition) is 0. The molecule has 0 bridgehead atoms. The Morgan fingerprint density at radius 2 is 1.64 bits per heavy atom. The van der Waals surface area contributed by atoms with Gasteiger partial charge >= 0.3 is 0 Å². The summed E-state index contributed by atoms with van der Waals surface area (Å²) in [5.74, 6) is -0.180. The van der Waals surface area contributed by atoms with Crippen LogP contribution in [0.4, 0.5) is 5.69 Å². The molecule has 28 heavy (non-hydrogen) atoms. The minimum absolute atomic E-state index is 0.180. The lowest BCUT2D eigenvalue weighted by Crippen LogP contribution is -2.47. The molecule has 0 N–H and O–H groups in total. The highest BCUT2D eigenvalue weighted by molar-refractivity contribution is 7.92. The Labute approximate surface area is 171 Å². The molecule has 0 aromatic heterocycles. The number of nitrogens with zero attached hydrogens (tertiary/aromatic N) is 3. The average molecular weight is 422 g/mol. The molecule has 2 aromatic rings. The predicted molar refractivity (Wildman–Crippen MR) is 112 cm³/mol. The summed E-state index contributed by atoms with van der Waals surface area (Å²) in [6.45, 7) is 4.73. The number of likely N-dealkylation sites (N-methyl/N-ethyl adjacent to an activating group) is 1. The SMILES string of the molecule is Cc1ccc(S(=O)(=O)N(C)c2ccc(Cl)c(C(=O)N3CCN(C)CC3)c2)cc1. The Morgan fingerprint density at radius 1 is 1.04 bits per heavy atom. The summed E-state index contributed by atoms with van der Waals surface area (Å²) in [6, 6.07) is 11.4. The first-order valence-electron chi connectivity index (χ1n) is 9.03. The number of benzene rings is 2. The van der Waals surface area contributed by atoms with Crippen molar-refractivity contribution in [2.45, 2.75) is 11.8 Å². The van der Waals surface area contributed by atoms with Gasteiger partial charge in [-0.15, -0.1) is 0 Å².